The lowest BCUT2D eigenvalue weighted by Gasteiger charge is -2.35. The van der Waals surface area contributed by atoms with Crippen molar-refractivity contribution in [1.29, 1.82) is 0 Å². The van der Waals surface area contributed by atoms with E-state index < -0.39 is 6.10 Å². The summed E-state index contributed by atoms with van der Waals surface area (Å²) in [5, 5.41) is 13.5. The van der Waals surface area contributed by atoms with E-state index in [0.717, 1.165) is 31.6 Å². The van der Waals surface area contributed by atoms with E-state index in [-0.39, 0.29) is 5.54 Å². The molecular formula is C14H21NO2. The lowest BCUT2D eigenvalue weighted by atomic mass is 9.94. The zero-order valence-electron chi connectivity index (χ0n) is 10.4. The Morgan fingerprint density at radius 3 is 2.82 bits per heavy atom. The second kappa shape index (κ2) is 5.63. The van der Waals surface area contributed by atoms with Gasteiger partial charge in [0.15, 0.2) is 0 Å². The van der Waals surface area contributed by atoms with Gasteiger partial charge in [-0.05, 0) is 25.3 Å². The molecule has 2 atom stereocenters. The van der Waals surface area contributed by atoms with Gasteiger partial charge in [-0.1, -0.05) is 30.3 Å². The Labute approximate surface area is 103 Å². The zero-order valence-corrected chi connectivity index (χ0v) is 10.4. The number of aliphatic hydroxyl groups excluding tert-OH is 1. The molecular weight excluding hydrogens is 214 g/mol. The third-order valence-electron chi connectivity index (χ3n) is 3.34. The van der Waals surface area contributed by atoms with Crippen LogP contribution in [0.4, 0.5) is 0 Å². The van der Waals surface area contributed by atoms with Crippen LogP contribution in [0.3, 0.4) is 0 Å². The first kappa shape index (κ1) is 12.6. The predicted molar refractivity (Wildman–Crippen MR) is 67.9 cm³/mol. The lowest BCUT2D eigenvalue weighted by molar-refractivity contribution is 0.0221. The molecule has 2 unspecified atom stereocenters. The molecule has 0 spiro atoms. The summed E-state index contributed by atoms with van der Waals surface area (Å²) in [5.41, 5.74) is 0.967. The van der Waals surface area contributed by atoms with Gasteiger partial charge in [0.25, 0.3) is 0 Å². The third-order valence-corrected chi connectivity index (χ3v) is 3.34. The summed E-state index contributed by atoms with van der Waals surface area (Å²) < 4.78 is 5.48. The largest absolute Gasteiger partial charge is 0.387 e. The van der Waals surface area contributed by atoms with Crippen LogP contribution in [0.2, 0.25) is 0 Å². The van der Waals surface area contributed by atoms with Crippen LogP contribution in [0, 0.1) is 0 Å². The third kappa shape index (κ3) is 3.53. The predicted octanol–water partition coefficient (Wildman–Crippen LogP) is 1.88. The first-order valence-corrected chi connectivity index (χ1v) is 6.25. The van der Waals surface area contributed by atoms with E-state index in [1.807, 2.05) is 30.3 Å². The van der Waals surface area contributed by atoms with Crippen molar-refractivity contribution in [2.45, 2.75) is 31.4 Å². The molecule has 17 heavy (non-hydrogen) atoms. The van der Waals surface area contributed by atoms with E-state index in [0.29, 0.717) is 6.54 Å². The molecule has 1 aromatic rings. The van der Waals surface area contributed by atoms with Crippen molar-refractivity contribution in [3.63, 3.8) is 0 Å². The minimum atomic E-state index is -0.449. The Bertz CT molecular complexity index is 333. The SMILES string of the molecule is CC1(NCC(O)c2ccccc2)CCCOC1. The highest BCUT2D eigenvalue weighted by molar-refractivity contribution is 5.17. The molecule has 0 bridgehead atoms. The lowest BCUT2D eigenvalue weighted by Crippen LogP contribution is -2.50. The van der Waals surface area contributed by atoms with Gasteiger partial charge in [-0.3, -0.25) is 0 Å². The minimum Gasteiger partial charge on any atom is -0.387 e. The monoisotopic (exact) mass is 235 g/mol. The molecule has 94 valence electrons. The Kier molecular flexibility index (Phi) is 4.15. The number of rotatable bonds is 4. The summed E-state index contributed by atoms with van der Waals surface area (Å²) in [6, 6.07) is 9.76. The van der Waals surface area contributed by atoms with Crippen molar-refractivity contribution in [2.75, 3.05) is 19.8 Å². The number of benzene rings is 1. The minimum absolute atomic E-state index is 0.00795. The van der Waals surface area contributed by atoms with Crippen LogP contribution in [0.5, 0.6) is 0 Å². The standard InChI is InChI=1S/C14H21NO2/c1-14(8-5-9-17-11-14)15-10-13(16)12-6-3-2-4-7-12/h2-4,6-7,13,15-16H,5,8-11H2,1H3. The number of aliphatic hydroxyl groups is 1. The molecule has 1 fully saturated rings. The topological polar surface area (TPSA) is 41.5 Å². The summed E-state index contributed by atoms with van der Waals surface area (Å²) in [7, 11) is 0. The Morgan fingerprint density at radius 1 is 1.41 bits per heavy atom. The van der Waals surface area contributed by atoms with E-state index in [2.05, 4.69) is 12.2 Å². The summed E-state index contributed by atoms with van der Waals surface area (Å²) in [6.07, 6.45) is 1.74. The van der Waals surface area contributed by atoms with Crippen molar-refractivity contribution in [1.82, 2.24) is 5.32 Å². The van der Waals surface area contributed by atoms with Crippen molar-refractivity contribution in [3.8, 4) is 0 Å². The summed E-state index contributed by atoms with van der Waals surface area (Å²) in [5.74, 6) is 0. The van der Waals surface area contributed by atoms with Crippen molar-refractivity contribution < 1.29 is 9.84 Å². The van der Waals surface area contributed by atoms with E-state index >= 15 is 0 Å². The van der Waals surface area contributed by atoms with Gasteiger partial charge in [0.05, 0.1) is 12.7 Å². The van der Waals surface area contributed by atoms with Crippen LogP contribution in [0.25, 0.3) is 0 Å². The second-order valence-corrected chi connectivity index (χ2v) is 5.02. The maximum absolute atomic E-state index is 10.1. The van der Waals surface area contributed by atoms with E-state index in [1.165, 1.54) is 0 Å². The second-order valence-electron chi connectivity index (χ2n) is 5.02. The molecule has 0 amide bonds. The van der Waals surface area contributed by atoms with Gasteiger partial charge >= 0.3 is 0 Å². The van der Waals surface area contributed by atoms with Gasteiger partial charge in [0.2, 0.25) is 0 Å². The van der Waals surface area contributed by atoms with Gasteiger partial charge in [0.1, 0.15) is 0 Å². The van der Waals surface area contributed by atoms with Crippen molar-refractivity contribution in [2.24, 2.45) is 0 Å². The van der Waals surface area contributed by atoms with Crippen molar-refractivity contribution >= 4 is 0 Å². The Hall–Kier alpha value is -0.900. The van der Waals surface area contributed by atoms with Gasteiger partial charge in [0, 0.05) is 18.7 Å². The number of ether oxygens (including phenoxy) is 1. The average molecular weight is 235 g/mol. The summed E-state index contributed by atoms with van der Waals surface area (Å²) >= 11 is 0. The normalized spacial score (nSPS) is 26.7. The molecule has 3 nitrogen and oxygen atoms in total. The molecule has 0 aliphatic carbocycles. The van der Waals surface area contributed by atoms with Crippen LogP contribution in [-0.4, -0.2) is 30.4 Å². The number of β-amino-alcohol motifs (C(OH)–C–C–N with tert-alkyl or cyclic N) is 1. The van der Waals surface area contributed by atoms with Gasteiger partial charge in [-0.15, -0.1) is 0 Å². The fourth-order valence-corrected chi connectivity index (χ4v) is 2.21. The molecule has 2 rings (SSSR count). The maximum Gasteiger partial charge on any atom is 0.0914 e. The van der Waals surface area contributed by atoms with E-state index in [9.17, 15) is 5.11 Å². The number of hydrogen-bond acceptors (Lipinski definition) is 3. The fourth-order valence-electron chi connectivity index (χ4n) is 2.21. The van der Waals surface area contributed by atoms with Gasteiger partial charge in [-0.25, -0.2) is 0 Å². The molecule has 1 aliphatic rings. The van der Waals surface area contributed by atoms with E-state index in [4.69, 9.17) is 4.74 Å². The highest BCUT2D eigenvalue weighted by Gasteiger charge is 2.27. The smallest absolute Gasteiger partial charge is 0.0914 e. The molecule has 1 heterocycles. The Balaban J connectivity index is 1.85. The molecule has 0 saturated carbocycles. The van der Waals surface area contributed by atoms with Crippen molar-refractivity contribution in [3.05, 3.63) is 35.9 Å². The molecule has 3 heteroatoms. The first-order valence-electron chi connectivity index (χ1n) is 6.25. The van der Waals surface area contributed by atoms with Crippen LogP contribution < -0.4 is 5.32 Å². The maximum atomic E-state index is 10.1. The quantitative estimate of drug-likeness (QED) is 0.837. The molecule has 0 aromatic heterocycles. The summed E-state index contributed by atoms with van der Waals surface area (Å²) in [6.45, 7) is 4.32. The highest BCUT2D eigenvalue weighted by Crippen LogP contribution is 2.19. The number of nitrogens with one attached hydrogen (secondary N) is 1. The van der Waals surface area contributed by atoms with Crippen LogP contribution in [0.1, 0.15) is 31.4 Å². The van der Waals surface area contributed by atoms with Crippen LogP contribution in [-0.2, 0) is 4.74 Å². The van der Waals surface area contributed by atoms with Gasteiger partial charge < -0.3 is 15.2 Å². The zero-order chi connectivity index (χ0) is 12.1. The van der Waals surface area contributed by atoms with Gasteiger partial charge in [-0.2, -0.15) is 0 Å². The average Bonchev–Trinajstić information content (AvgIpc) is 2.38. The van der Waals surface area contributed by atoms with E-state index in [1.54, 1.807) is 0 Å². The number of hydrogen-bond donors (Lipinski definition) is 2. The highest BCUT2D eigenvalue weighted by atomic mass is 16.5. The fraction of sp³-hybridized carbons (Fsp3) is 0.571. The van der Waals surface area contributed by atoms with Crippen LogP contribution >= 0.6 is 0 Å². The molecule has 0 radical (unpaired) electrons. The summed E-state index contributed by atoms with van der Waals surface area (Å²) in [4.78, 5) is 0. The molecule has 1 saturated heterocycles. The molecule has 1 aliphatic heterocycles. The molecule has 2 N–H and O–H groups in total. The van der Waals surface area contributed by atoms with Crippen LogP contribution in [0.15, 0.2) is 30.3 Å². The first-order chi connectivity index (χ1) is 8.20. The molecule has 1 aromatic carbocycles. The Morgan fingerprint density at radius 2 is 2.18 bits per heavy atom.